The quantitative estimate of drug-likeness (QED) is 0.710. The maximum Gasteiger partial charge on any atom is 0.407 e. The molecule has 1 atom stereocenters. The molecule has 4 heteroatoms. The SMILES string of the molecule is Cc1ccc(C2CNC(=O)O2)cc1O. The summed E-state index contributed by atoms with van der Waals surface area (Å²) in [7, 11) is 0. The van der Waals surface area contributed by atoms with Gasteiger partial charge in [-0.25, -0.2) is 4.79 Å². The number of phenols is 1. The fourth-order valence-corrected chi connectivity index (χ4v) is 1.40. The molecule has 1 heterocycles. The highest BCUT2D eigenvalue weighted by Crippen LogP contribution is 2.25. The van der Waals surface area contributed by atoms with Crippen LogP contribution in [0.4, 0.5) is 4.79 Å². The van der Waals surface area contributed by atoms with E-state index in [0.29, 0.717) is 6.54 Å². The number of cyclic esters (lactones) is 1. The van der Waals surface area contributed by atoms with Gasteiger partial charge in [-0.2, -0.15) is 0 Å². The minimum absolute atomic E-state index is 0.227. The van der Waals surface area contributed by atoms with Crippen LogP contribution >= 0.6 is 0 Å². The van der Waals surface area contributed by atoms with Gasteiger partial charge >= 0.3 is 6.09 Å². The zero-order chi connectivity index (χ0) is 10.1. The lowest BCUT2D eigenvalue weighted by Crippen LogP contribution is -2.12. The number of carbonyl (C=O) groups is 1. The molecule has 4 nitrogen and oxygen atoms in total. The molecule has 14 heavy (non-hydrogen) atoms. The van der Waals surface area contributed by atoms with Crippen LogP contribution in [0.1, 0.15) is 17.2 Å². The van der Waals surface area contributed by atoms with E-state index in [9.17, 15) is 9.90 Å². The van der Waals surface area contributed by atoms with E-state index >= 15 is 0 Å². The summed E-state index contributed by atoms with van der Waals surface area (Å²) < 4.78 is 4.98. The van der Waals surface area contributed by atoms with Crippen LogP contribution in [-0.4, -0.2) is 17.7 Å². The van der Waals surface area contributed by atoms with Crippen molar-refractivity contribution in [3.8, 4) is 5.75 Å². The van der Waals surface area contributed by atoms with Crippen molar-refractivity contribution in [2.24, 2.45) is 0 Å². The molecule has 1 amide bonds. The van der Waals surface area contributed by atoms with Crippen molar-refractivity contribution in [2.45, 2.75) is 13.0 Å². The molecule has 2 N–H and O–H groups in total. The lowest BCUT2D eigenvalue weighted by Gasteiger charge is -2.09. The third-order valence-electron chi connectivity index (χ3n) is 2.29. The Morgan fingerprint density at radius 2 is 2.36 bits per heavy atom. The number of rotatable bonds is 1. The highest BCUT2D eigenvalue weighted by atomic mass is 16.6. The molecule has 0 radical (unpaired) electrons. The summed E-state index contributed by atoms with van der Waals surface area (Å²) in [6.45, 7) is 2.28. The Hall–Kier alpha value is -1.71. The van der Waals surface area contributed by atoms with Crippen molar-refractivity contribution in [3.05, 3.63) is 29.3 Å². The summed E-state index contributed by atoms with van der Waals surface area (Å²) in [4.78, 5) is 10.8. The number of aryl methyl sites for hydroxylation is 1. The standard InChI is InChI=1S/C10H11NO3/c1-6-2-3-7(4-8(6)12)9-5-11-10(13)14-9/h2-4,9,12H,5H2,1H3,(H,11,13). The molecule has 0 bridgehead atoms. The largest absolute Gasteiger partial charge is 0.508 e. The van der Waals surface area contributed by atoms with Crippen molar-refractivity contribution in [1.29, 1.82) is 0 Å². The fraction of sp³-hybridized carbons (Fsp3) is 0.300. The first-order chi connectivity index (χ1) is 6.66. The highest BCUT2D eigenvalue weighted by Gasteiger charge is 2.24. The maximum atomic E-state index is 10.8. The number of carbonyl (C=O) groups excluding carboxylic acids is 1. The molecule has 1 saturated heterocycles. The van der Waals surface area contributed by atoms with Gasteiger partial charge in [0.25, 0.3) is 0 Å². The molecule has 1 aliphatic heterocycles. The first-order valence-electron chi connectivity index (χ1n) is 4.41. The number of alkyl carbamates (subject to hydrolysis) is 1. The van der Waals surface area contributed by atoms with Gasteiger partial charge in [-0.05, 0) is 24.1 Å². The van der Waals surface area contributed by atoms with Gasteiger partial charge in [0.05, 0.1) is 6.54 Å². The smallest absolute Gasteiger partial charge is 0.407 e. The second kappa shape index (κ2) is 3.21. The van der Waals surface area contributed by atoms with Crippen LogP contribution in [0.2, 0.25) is 0 Å². The number of aromatic hydroxyl groups is 1. The minimum Gasteiger partial charge on any atom is -0.508 e. The molecule has 1 aromatic carbocycles. The van der Waals surface area contributed by atoms with Gasteiger partial charge in [0.1, 0.15) is 11.9 Å². The molecule has 1 unspecified atom stereocenters. The van der Waals surface area contributed by atoms with Crippen molar-refractivity contribution in [1.82, 2.24) is 5.32 Å². The van der Waals surface area contributed by atoms with E-state index in [4.69, 9.17) is 4.74 Å². The Kier molecular flexibility index (Phi) is 2.04. The van der Waals surface area contributed by atoms with Gasteiger partial charge in [-0.3, -0.25) is 0 Å². The minimum atomic E-state index is -0.407. The number of hydrogen-bond acceptors (Lipinski definition) is 3. The Morgan fingerprint density at radius 3 is 2.93 bits per heavy atom. The van der Waals surface area contributed by atoms with Crippen LogP contribution in [0.5, 0.6) is 5.75 Å². The average Bonchev–Trinajstić information content (AvgIpc) is 2.57. The van der Waals surface area contributed by atoms with E-state index in [2.05, 4.69) is 5.32 Å². The van der Waals surface area contributed by atoms with E-state index in [-0.39, 0.29) is 11.9 Å². The van der Waals surface area contributed by atoms with Crippen LogP contribution in [0.15, 0.2) is 18.2 Å². The third kappa shape index (κ3) is 1.51. The summed E-state index contributed by atoms with van der Waals surface area (Å²) in [6.07, 6.45) is -0.691. The number of benzene rings is 1. The van der Waals surface area contributed by atoms with Crippen LogP contribution in [-0.2, 0) is 4.74 Å². The van der Waals surface area contributed by atoms with Gasteiger partial charge < -0.3 is 15.2 Å². The molecule has 74 valence electrons. The van der Waals surface area contributed by atoms with Crippen molar-refractivity contribution in [2.75, 3.05) is 6.54 Å². The molecule has 0 spiro atoms. The van der Waals surface area contributed by atoms with E-state index < -0.39 is 6.09 Å². The van der Waals surface area contributed by atoms with Crippen molar-refractivity contribution >= 4 is 6.09 Å². The number of nitrogens with one attached hydrogen (secondary N) is 1. The molecule has 0 aromatic heterocycles. The Labute approximate surface area is 81.5 Å². The summed E-state index contributed by atoms with van der Waals surface area (Å²) in [5, 5.41) is 12.0. The predicted molar refractivity (Wildman–Crippen MR) is 50.1 cm³/mol. The molecule has 1 fully saturated rings. The van der Waals surface area contributed by atoms with Gasteiger partial charge in [-0.15, -0.1) is 0 Å². The normalized spacial score (nSPS) is 20.4. The highest BCUT2D eigenvalue weighted by molar-refractivity contribution is 5.69. The number of ether oxygens (including phenoxy) is 1. The molecule has 2 rings (SSSR count). The predicted octanol–water partition coefficient (Wildman–Crippen LogP) is 1.48. The second-order valence-electron chi connectivity index (χ2n) is 3.32. The lowest BCUT2D eigenvalue weighted by atomic mass is 10.1. The van der Waals surface area contributed by atoms with Gasteiger partial charge in [0.2, 0.25) is 0 Å². The van der Waals surface area contributed by atoms with Gasteiger partial charge in [-0.1, -0.05) is 12.1 Å². The summed E-state index contributed by atoms with van der Waals surface area (Å²) in [6, 6.07) is 5.27. The van der Waals surface area contributed by atoms with Crippen molar-refractivity contribution in [3.63, 3.8) is 0 Å². The second-order valence-corrected chi connectivity index (χ2v) is 3.32. The summed E-state index contributed by atoms with van der Waals surface area (Å²) in [5.41, 5.74) is 1.62. The Bertz CT molecular complexity index is 376. The lowest BCUT2D eigenvalue weighted by molar-refractivity contribution is 0.141. The maximum absolute atomic E-state index is 10.8. The van der Waals surface area contributed by atoms with E-state index in [0.717, 1.165) is 11.1 Å². The van der Waals surface area contributed by atoms with Crippen molar-refractivity contribution < 1.29 is 14.6 Å². The fourth-order valence-electron chi connectivity index (χ4n) is 1.40. The zero-order valence-corrected chi connectivity index (χ0v) is 7.78. The average molecular weight is 193 g/mol. The Balaban J connectivity index is 2.24. The topological polar surface area (TPSA) is 58.6 Å². The molecule has 1 aliphatic rings. The van der Waals surface area contributed by atoms with Crippen LogP contribution < -0.4 is 5.32 Å². The Morgan fingerprint density at radius 1 is 1.57 bits per heavy atom. The number of hydrogen-bond donors (Lipinski definition) is 2. The molecule has 1 aromatic rings. The molecular weight excluding hydrogens is 182 g/mol. The first kappa shape index (κ1) is 8.87. The molecule has 0 saturated carbocycles. The van der Waals surface area contributed by atoms with E-state index in [1.807, 2.05) is 13.0 Å². The molecule has 0 aliphatic carbocycles. The first-order valence-corrected chi connectivity index (χ1v) is 4.41. The van der Waals surface area contributed by atoms with Crippen LogP contribution in [0, 0.1) is 6.92 Å². The summed E-state index contributed by atoms with van der Waals surface area (Å²) in [5.74, 6) is 0.227. The van der Waals surface area contributed by atoms with Crippen LogP contribution in [0.3, 0.4) is 0 Å². The third-order valence-corrected chi connectivity index (χ3v) is 2.29. The number of amides is 1. The van der Waals surface area contributed by atoms with Crippen LogP contribution in [0.25, 0.3) is 0 Å². The van der Waals surface area contributed by atoms with Gasteiger partial charge in [0, 0.05) is 0 Å². The monoisotopic (exact) mass is 193 g/mol. The van der Waals surface area contributed by atoms with Gasteiger partial charge in [0.15, 0.2) is 0 Å². The number of phenolic OH excluding ortho intramolecular Hbond substituents is 1. The zero-order valence-electron chi connectivity index (χ0n) is 7.78. The molecular formula is C10H11NO3. The van der Waals surface area contributed by atoms with E-state index in [1.54, 1.807) is 12.1 Å². The van der Waals surface area contributed by atoms with E-state index in [1.165, 1.54) is 0 Å². The summed E-state index contributed by atoms with van der Waals surface area (Å²) >= 11 is 0.